The predicted molar refractivity (Wildman–Crippen MR) is 229 cm³/mol. The molecule has 2 nitrogen and oxygen atoms in total. The van der Waals surface area contributed by atoms with Gasteiger partial charge in [0.05, 0.1) is 11.0 Å². The zero-order valence-corrected chi connectivity index (χ0v) is 30.6. The number of aromatic nitrogens is 1. The maximum atomic E-state index is 2.45. The van der Waals surface area contributed by atoms with Crippen LogP contribution in [0, 0.1) is 0 Å². The van der Waals surface area contributed by atoms with Crippen molar-refractivity contribution in [2.45, 2.75) is 25.7 Å². The molecule has 2 heteroatoms. The van der Waals surface area contributed by atoms with E-state index in [1.807, 2.05) is 0 Å². The second kappa shape index (κ2) is 12.8. The number of fused-ring (bicyclic) bond motifs is 6. The van der Waals surface area contributed by atoms with Crippen molar-refractivity contribution < 1.29 is 0 Å². The summed E-state index contributed by atoms with van der Waals surface area (Å²) >= 11 is 0. The first-order valence-electron chi connectivity index (χ1n) is 18.9. The Morgan fingerprint density at radius 1 is 0.500 bits per heavy atom. The Labute approximate surface area is 317 Å². The van der Waals surface area contributed by atoms with Gasteiger partial charge in [-0.05, 0) is 105 Å². The number of benzene rings is 7. The van der Waals surface area contributed by atoms with Gasteiger partial charge in [-0.1, -0.05) is 147 Å². The van der Waals surface area contributed by atoms with Crippen molar-refractivity contribution in [3.8, 4) is 27.9 Å². The average molecular weight is 693 g/mol. The van der Waals surface area contributed by atoms with Crippen LogP contribution in [0.25, 0.3) is 55.3 Å². The van der Waals surface area contributed by atoms with E-state index in [0.29, 0.717) is 0 Å². The molecule has 1 aromatic heterocycles. The quantitative estimate of drug-likeness (QED) is 0.168. The minimum Gasteiger partial charge on any atom is -0.314 e. The van der Waals surface area contributed by atoms with Crippen LogP contribution >= 0.6 is 0 Å². The fraction of sp³-hybridized carbons (Fsp3) is 0.0769. The molecule has 7 aromatic carbocycles. The van der Waals surface area contributed by atoms with Gasteiger partial charge in [-0.15, -0.1) is 0 Å². The molecule has 10 rings (SSSR count). The molecule has 8 aromatic rings. The fourth-order valence-electron chi connectivity index (χ4n) is 8.73. The molecule has 0 radical (unpaired) electrons. The van der Waals surface area contributed by atoms with Crippen LogP contribution in [-0.2, 0) is 5.41 Å². The molecule has 0 aliphatic heterocycles. The lowest BCUT2D eigenvalue weighted by atomic mass is 9.82. The molecule has 0 spiro atoms. The SMILES string of the molecule is CC1(C)c2ccccc2-c2ccc(N(C3=CC=C(c4ccccc4)C=CC3)c3ccc(-c4ccc5c(c4)c4ccccc4n5-c4ccccc4)cc3)cc21. The van der Waals surface area contributed by atoms with Gasteiger partial charge in [-0.25, -0.2) is 0 Å². The van der Waals surface area contributed by atoms with Gasteiger partial charge in [-0.3, -0.25) is 0 Å². The first-order valence-corrected chi connectivity index (χ1v) is 18.9. The Kier molecular flexibility index (Phi) is 7.59. The molecule has 2 aliphatic rings. The highest BCUT2D eigenvalue weighted by atomic mass is 15.1. The van der Waals surface area contributed by atoms with Gasteiger partial charge in [0.1, 0.15) is 0 Å². The summed E-state index contributed by atoms with van der Waals surface area (Å²) in [5.41, 5.74) is 17.4. The number of nitrogens with zero attached hydrogens (tertiary/aromatic N) is 2. The standard InChI is InChI=1S/C52H40N2/c1-52(2)48-22-11-9-20-44(48)45-32-31-43(35-49(45)52)53(41-19-13-16-37(24-28-41)36-14-5-3-6-15-36)42-29-25-38(26-30-42)39-27-33-51-47(34-39)46-21-10-12-23-50(46)54(51)40-17-7-4-8-18-40/h3-18,20-35H,19H2,1-2H3. The zero-order valence-electron chi connectivity index (χ0n) is 30.6. The summed E-state index contributed by atoms with van der Waals surface area (Å²) in [7, 11) is 0. The summed E-state index contributed by atoms with van der Waals surface area (Å²) in [4.78, 5) is 2.45. The smallest absolute Gasteiger partial charge is 0.0541 e. The Morgan fingerprint density at radius 2 is 1.17 bits per heavy atom. The van der Waals surface area contributed by atoms with Crippen LogP contribution in [0.1, 0.15) is 37.0 Å². The summed E-state index contributed by atoms with van der Waals surface area (Å²) < 4.78 is 2.37. The van der Waals surface area contributed by atoms with Crippen LogP contribution < -0.4 is 4.90 Å². The average Bonchev–Trinajstić information content (AvgIpc) is 3.53. The van der Waals surface area contributed by atoms with Gasteiger partial charge in [0.25, 0.3) is 0 Å². The summed E-state index contributed by atoms with van der Waals surface area (Å²) in [5, 5.41) is 2.52. The minimum absolute atomic E-state index is 0.0855. The molecule has 1 heterocycles. The monoisotopic (exact) mass is 692 g/mol. The molecule has 258 valence electrons. The van der Waals surface area contributed by atoms with E-state index in [-0.39, 0.29) is 5.41 Å². The molecule has 0 saturated carbocycles. The highest BCUT2D eigenvalue weighted by Gasteiger charge is 2.35. The van der Waals surface area contributed by atoms with Gasteiger partial charge in [0.2, 0.25) is 0 Å². The van der Waals surface area contributed by atoms with E-state index >= 15 is 0 Å². The molecular formula is C52H40N2. The van der Waals surface area contributed by atoms with Crippen LogP contribution in [0.4, 0.5) is 11.4 Å². The van der Waals surface area contributed by atoms with Crippen molar-refractivity contribution in [3.63, 3.8) is 0 Å². The lowest BCUT2D eigenvalue weighted by Crippen LogP contribution is -2.19. The summed E-state index contributed by atoms with van der Waals surface area (Å²) in [6.45, 7) is 4.72. The zero-order chi connectivity index (χ0) is 36.2. The number of hydrogen-bond acceptors (Lipinski definition) is 1. The lowest BCUT2D eigenvalue weighted by Gasteiger charge is -2.29. The van der Waals surface area contributed by atoms with Crippen molar-refractivity contribution in [2.75, 3.05) is 4.90 Å². The van der Waals surface area contributed by atoms with Crippen molar-refractivity contribution in [2.24, 2.45) is 0 Å². The van der Waals surface area contributed by atoms with Crippen LogP contribution in [-0.4, -0.2) is 4.57 Å². The van der Waals surface area contributed by atoms with Gasteiger partial charge in [-0.2, -0.15) is 0 Å². The molecule has 0 saturated heterocycles. The van der Waals surface area contributed by atoms with Gasteiger partial charge in [0.15, 0.2) is 0 Å². The molecule has 54 heavy (non-hydrogen) atoms. The summed E-state index contributed by atoms with van der Waals surface area (Å²) in [5.74, 6) is 0. The molecule has 0 atom stereocenters. The summed E-state index contributed by atoms with van der Waals surface area (Å²) in [6, 6.07) is 62.0. The normalized spacial score (nSPS) is 14.3. The van der Waals surface area contributed by atoms with Crippen molar-refractivity contribution in [1.82, 2.24) is 4.57 Å². The Hall–Kier alpha value is -6.64. The number of anilines is 2. The van der Waals surface area contributed by atoms with E-state index in [1.54, 1.807) is 0 Å². The van der Waals surface area contributed by atoms with E-state index in [2.05, 4.69) is 217 Å². The van der Waals surface area contributed by atoms with Crippen LogP contribution in [0.15, 0.2) is 200 Å². The third-order valence-corrected chi connectivity index (χ3v) is 11.4. The molecule has 0 N–H and O–H groups in total. The Balaban J connectivity index is 1.07. The highest BCUT2D eigenvalue weighted by molar-refractivity contribution is 6.10. The van der Waals surface area contributed by atoms with E-state index in [1.165, 1.54) is 83.4 Å². The van der Waals surface area contributed by atoms with Gasteiger partial charge < -0.3 is 9.47 Å². The van der Waals surface area contributed by atoms with E-state index in [4.69, 9.17) is 0 Å². The molecule has 2 aliphatic carbocycles. The van der Waals surface area contributed by atoms with Gasteiger partial charge in [0, 0.05) is 45.4 Å². The first-order chi connectivity index (χ1) is 26.5. The molecule has 0 fully saturated rings. The molecule has 0 amide bonds. The van der Waals surface area contributed by atoms with E-state index in [0.717, 1.165) is 12.1 Å². The van der Waals surface area contributed by atoms with Gasteiger partial charge >= 0.3 is 0 Å². The predicted octanol–water partition coefficient (Wildman–Crippen LogP) is 13.8. The Bertz CT molecular complexity index is 2800. The first kappa shape index (κ1) is 32.0. The largest absolute Gasteiger partial charge is 0.314 e. The van der Waals surface area contributed by atoms with Crippen molar-refractivity contribution >= 4 is 38.8 Å². The number of para-hydroxylation sites is 2. The minimum atomic E-state index is -0.0855. The summed E-state index contributed by atoms with van der Waals surface area (Å²) in [6.07, 6.45) is 9.95. The Morgan fingerprint density at radius 3 is 2.00 bits per heavy atom. The van der Waals surface area contributed by atoms with E-state index < -0.39 is 0 Å². The number of rotatable bonds is 6. The second-order valence-electron chi connectivity index (χ2n) is 15.0. The molecule has 0 bridgehead atoms. The third-order valence-electron chi connectivity index (χ3n) is 11.4. The van der Waals surface area contributed by atoms with E-state index in [9.17, 15) is 0 Å². The lowest BCUT2D eigenvalue weighted by molar-refractivity contribution is 0.660. The van der Waals surface area contributed by atoms with Crippen molar-refractivity contribution in [1.29, 1.82) is 0 Å². The number of allylic oxidation sites excluding steroid dienone is 5. The van der Waals surface area contributed by atoms with Crippen LogP contribution in [0.5, 0.6) is 0 Å². The van der Waals surface area contributed by atoms with Crippen LogP contribution in [0.3, 0.4) is 0 Å². The maximum Gasteiger partial charge on any atom is 0.0541 e. The number of hydrogen-bond donors (Lipinski definition) is 0. The topological polar surface area (TPSA) is 8.17 Å². The van der Waals surface area contributed by atoms with Crippen LogP contribution in [0.2, 0.25) is 0 Å². The second-order valence-corrected chi connectivity index (χ2v) is 15.0. The third kappa shape index (κ3) is 5.25. The highest BCUT2D eigenvalue weighted by Crippen LogP contribution is 2.50. The fourth-order valence-corrected chi connectivity index (χ4v) is 8.73. The van der Waals surface area contributed by atoms with Crippen molar-refractivity contribution in [3.05, 3.63) is 217 Å². The maximum absolute atomic E-state index is 2.45. The molecular weight excluding hydrogens is 653 g/mol. The molecule has 0 unspecified atom stereocenters.